The van der Waals surface area contributed by atoms with Crippen molar-refractivity contribution in [2.75, 3.05) is 12.0 Å². The Balaban J connectivity index is 1.48. The van der Waals surface area contributed by atoms with E-state index in [9.17, 15) is 14.4 Å². The lowest BCUT2D eigenvalue weighted by Crippen LogP contribution is -2.52. The molecule has 0 bridgehead atoms. The van der Waals surface area contributed by atoms with Crippen LogP contribution < -0.4 is 15.1 Å². The van der Waals surface area contributed by atoms with Crippen molar-refractivity contribution in [3.63, 3.8) is 0 Å². The van der Waals surface area contributed by atoms with Crippen LogP contribution in [0.4, 0.5) is 5.69 Å². The molecule has 2 aliphatic rings. The van der Waals surface area contributed by atoms with Crippen LogP contribution in [-0.4, -0.2) is 23.8 Å². The fourth-order valence-corrected chi connectivity index (χ4v) is 6.13. The van der Waals surface area contributed by atoms with Gasteiger partial charge in [-0.2, -0.15) is 0 Å². The van der Waals surface area contributed by atoms with E-state index in [0.717, 1.165) is 11.1 Å². The van der Waals surface area contributed by atoms with E-state index >= 15 is 0 Å². The zero-order chi connectivity index (χ0) is 28.3. The van der Waals surface area contributed by atoms with Gasteiger partial charge < -0.3 is 19.0 Å². The van der Waals surface area contributed by atoms with Gasteiger partial charge in [-0.15, -0.1) is 0 Å². The van der Waals surface area contributed by atoms with Gasteiger partial charge in [0.1, 0.15) is 11.3 Å². The minimum Gasteiger partial charge on any atom is -0.497 e. The standard InChI is InChI=1S/C33H23ClN2O5/c1-40-23-16-12-21(13-17-23)19-36-31(38)30-28(29(37)24-6-2-5-9-27(24)41-30)33(36)25-7-3-4-8-26(25)35(32(33)39)18-20-10-14-22(34)15-11-20/h2-17H,18-19H2,1H3. The number of rotatable bonds is 5. The molecule has 2 aliphatic heterocycles. The average molecular weight is 563 g/mol. The zero-order valence-corrected chi connectivity index (χ0v) is 22.7. The van der Waals surface area contributed by atoms with Crippen LogP contribution in [0.3, 0.4) is 0 Å². The van der Waals surface area contributed by atoms with E-state index in [1.807, 2.05) is 48.5 Å². The quantitative estimate of drug-likeness (QED) is 0.266. The molecule has 41 heavy (non-hydrogen) atoms. The molecule has 1 atom stereocenters. The molecule has 0 saturated heterocycles. The maximum atomic E-state index is 14.9. The van der Waals surface area contributed by atoms with Crippen LogP contribution in [0, 0.1) is 0 Å². The molecule has 8 heteroatoms. The molecule has 4 aromatic carbocycles. The topological polar surface area (TPSA) is 80.1 Å². The maximum Gasteiger partial charge on any atom is 0.291 e. The lowest BCUT2D eigenvalue weighted by atomic mass is 9.83. The summed E-state index contributed by atoms with van der Waals surface area (Å²) in [5.74, 6) is -0.357. The van der Waals surface area contributed by atoms with E-state index in [1.165, 1.54) is 4.90 Å². The second-order valence-corrected chi connectivity index (χ2v) is 10.6. The Kier molecular flexibility index (Phi) is 5.73. The van der Waals surface area contributed by atoms with Gasteiger partial charge in [-0.1, -0.05) is 66.2 Å². The molecule has 202 valence electrons. The normalized spacial score (nSPS) is 17.4. The molecular weight excluding hydrogens is 540 g/mol. The Bertz CT molecular complexity index is 1920. The van der Waals surface area contributed by atoms with Gasteiger partial charge in [-0.3, -0.25) is 14.4 Å². The third kappa shape index (κ3) is 3.62. The van der Waals surface area contributed by atoms with Crippen molar-refractivity contribution in [2.24, 2.45) is 0 Å². The highest BCUT2D eigenvalue weighted by atomic mass is 35.5. The number of carbonyl (C=O) groups excluding carboxylic acids is 2. The molecule has 1 unspecified atom stereocenters. The van der Waals surface area contributed by atoms with E-state index in [0.29, 0.717) is 33.0 Å². The van der Waals surface area contributed by atoms with Crippen molar-refractivity contribution in [3.8, 4) is 5.75 Å². The molecule has 5 aromatic rings. The van der Waals surface area contributed by atoms with Crippen LogP contribution in [0.5, 0.6) is 5.75 Å². The first-order valence-electron chi connectivity index (χ1n) is 13.1. The first-order chi connectivity index (χ1) is 19.9. The number of para-hydroxylation sites is 2. The Hall–Kier alpha value is -4.88. The van der Waals surface area contributed by atoms with E-state index in [2.05, 4.69) is 0 Å². The van der Waals surface area contributed by atoms with Gasteiger partial charge in [0.15, 0.2) is 11.0 Å². The Labute approximate surface area is 240 Å². The monoisotopic (exact) mass is 562 g/mol. The third-order valence-electron chi connectivity index (χ3n) is 7.90. The summed E-state index contributed by atoms with van der Waals surface area (Å²) in [6.45, 7) is 0.297. The second-order valence-electron chi connectivity index (χ2n) is 10.1. The maximum absolute atomic E-state index is 14.9. The number of methoxy groups -OCH3 is 1. The van der Waals surface area contributed by atoms with Crippen molar-refractivity contribution in [3.05, 3.63) is 140 Å². The molecule has 0 radical (unpaired) electrons. The van der Waals surface area contributed by atoms with Gasteiger partial charge in [-0.25, -0.2) is 0 Å². The fraction of sp³-hybridized carbons (Fsp3) is 0.121. The fourth-order valence-electron chi connectivity index (χ4n) is 6.00. The van der Waals surface area contributed by atoms with E-state index in [4.69, 9.17) is 20.8 Å². The number of fused-ring (bicyclic) bond motifs is 5. The van der Waals surface area contributed by atoms with E-state index in [1.54, 1.807) is 60.5 Å². The van der Waals surface area contributed by atoms with Crippen LogP contribution in [0.25, 0.3) is 11.0 Å². The van der Waals surface area contributed by atoms with Crippen molar-refractivity contribution in [1.29, 1.82) is 0 Å². The summed E-state index contributed by atoms with van der Waals surface area (Å²) in [5, 5.41) is 0.898. The molecule has 0 saturated carbocycles. The van der Waals surface area contributed by atoms with Crippen molar-refractivity contribution >= 4 is 40.1 Å². The Morgan fingerprint density at radius 3 is 2.22 bits per heavy atom. The lowest BCUT2D eigenvalue weighted by molar-refractivity contribution is -0.126. The van der Waals surface area contributed by atoms with Crippen LogP contribution in [0.15, 0.2) is 106 Å². The van der Waals surface area contributed by atoms with Crippen LogP contribution in [0.1, 0.15) is 32.8 Å². The Morgan fingerprint density at radius 1 is 0.805 bits per heavy atom. The van der Waals surface area contributed by atoms with Crippen molar-refractivity contribution in [2.45, 2.75) is 18.6 Å². The number of carbonyl (C=O) groups is 2. The van der Waals surface area contributed by atoms with Crippen LogP contribution in [-0.2, 0) is 23.4 Å². The summed E-state index contributed by atoms with van der Waals surface area (Å²) in [4.78, 5) is 46.4. The number of nitrogens with zero attached hydrogens (tertiary/aromatic N) is 2. The minimum atomic E-state index is -1.71. The molecule has 7 nitrogen and oxygen atoms in total. The summed E-state index contributed by atoms with van der Waals surface area (Å²) in [6, 6.07) is 28.6. The number of hydrogen-bond donors (Lipinski definition) is 0. The smallest absolute Gasteiger partial charge is 0.291 e. The molecule has 2 amide bonds. The summed E-state index contributed by atoms with van der Waals surface area (Å²) in [7, 11) is 1.58. The lowest BCUT2D eigenvalue weighted by Gasteiger charge is -2.34. The molecular formula is C33H23ClN2O5. The average Bonchev–Trinajstić information content (AvgIpc) is 3.39. The molecule has 0 aliphatic carbocycles. The molecule has 0 fully saturated rings. The van der Waals surface area contributed by atoms with Gasteiger partial charge in [0.05, 0.1) is 30.3 Å². The predicted molar refractivity (Wildman–Crippen MR) is 155 cm³/mol. The van der Waals surface area contributed by atoms with Gasteiger partial charge in [-0.05, 0) is 53.6 Å². The number of halogens is 1. The zero-order valence-electron chi connectivity index (χ0n) is 22.0. The highest BCUT2D eigenvalue weighted by Gasteiger charge is 2.64. The largest absolute Gasteiger partial charge is 0.497 e. The number of benzene rings is 4. The van der Waals surface area contributed by atoms with E-state index in [-0.39, 0.29) is 24.4 Å². The molecule has 1 spiro atoms. The van der Waals surface area contributed by atoms with Gasteiger partial charge in [0, 0.05) is 17.1 Å². The van der Waals surface area contributed by atoms with Crippen LogP contribution in [0.2, 0.25) is 5.02 Å². The van der Waals surface area contributed by atoms with Crippen molar-refractivity contribution < 1.29 is 18.7 Å². The molecule has 3 heterocycles. The van der Waals surface area contributed by atoms with E-state index < -0.39 is 22.8 Å². The number of hydrogen-bond acceptors (Lipinski definition) is 5. The summed E-state index contributed by atoms with van der Waals surface area (Å²) < 4.78 is 11.4. The van der Waals surface area contributed by atoms with Crippen LogP contribution >= 0.6 is 11.6 Å². The molecule has 7 rings (SSSR count). The Morgan fingerprint density at radius 2 is 1.46 bits per heavy atom. The second kappa shape index (κ2) is 9.35. The first kappa shape index (κ1) is 25.1. The SMILES string of the molecule is COc1ccc(CN2C(=O)c3oc4ccccc4c(=O)c3C23C(=O)N(Cc2ccc(Cl)cc2)c2ccccc23)cc1. The van der Waals surface area contributed by atoms with Gasteiger partial charge >= 0.3 is 0 Å². The summed E-state index contributed by atoms with van der Waals surface area (Å²) in [6.07, 6.45) is 0. The van der Waals surface area contributed by atoms with Gasteiger partial charge in [0.25, 0.3) is 11.8 Å². The molecule has 1 aromatic heterocycles. The summed E-state index contributed by atoms with van der Waals surface area (Å²) >= 11 is 6.11. The highest BCUT2D eigenvalue weighted by molar-refractivity contribution is 6.30. The number of amides is 2. The first-order valence-corrected chi connectivity index (χ1v) is 13.5. The molecule has 0 N–H and O–H groups in total. The summed E-state index contributed by atoms with van der Waals surface area (Å²) in [5.41, 5.74) is 1.04. The van der Waals surface area contributed by atoms with Gasteiger partial charge in [0.2, 0.25) is 5.76 Å². The van der Waals surface area contributed by atoms with Crippen molar-refractivity contribution in [1.82, 2.24) is 4.90 Å². The number of ether oxygens (including phenoxy) is 1. The predicted octanol–water partition coefficient (Wildman–Crippen LogP) is 5.90. The highest BCUT2D eigenvalue weighted by Crippen LogP contribution is 2.53. The number of anilines is 1. The third-order valence-corrected chi connectivity index (χ3v) is 8.15. The minimum absolute atomic E-state index is 0.0470.